The molecule has 0 aromatic heterocycles. The molecule has 4 rings (SSSR count). The molecule has 2 bridgehead atoms. The minimum atomic E-state index is -0.863. The fraction of sp³-hybridized carbons (Fsp3) is 0.263. The van der Waals surface area contributed by atoms with Crippen LogP contribution in [0, 0.1) is 5.82 Å². The number of hydrogen-bond donors (Lipinski definition) is 1. The van der Waals surface area contributed by atoms with Gasteiger partial charge in [0.15, 0.2) is 6.04 Å². The number of nitrogens with zero attached hydrogens (tertiary/aromatic N) is 2. The van der Waals surface area contributed by atoms with E-state index in [2.05, 4.69) is 12.9 Å². The van der Waals surface area contributed by atoms with Crippen LogP contribution in [0.1, 0.15) is 30.1 Å². The maximum absolute atomic E-state index is 13.4. The summed E-state index contributed by atoms with van der Waals surface area (Å²) < 4.78 is 23.6. The molecule has 0 saturated carbocycles. The number of esters is 1. The molecule has 0 aliphatic carbocycles. The van der Waals surface area contributed by atoms with Gasteiger partial charge in [-0.1, -0.05) is 30.3 Å². The van der Waals surface area contributed by atoms with Crippen LogP contribution in [0.2, 0.25) is 0 Å². The number of fused-ring (bicyclic) bond motifs is 4. The van der Waals surface area contributed by atoms with E-state index in [0.29, 0.717) is 5.56 Å². The number of carbonyl (C=O) groups excluding carboxylic acids is 2. The highest BCUT2D eigenvalue weighted by Gasteiger charge is 2.52. The fourth-order valence-electron chi connectivity index (χ4n) is 3.83. The summed E-state index contributed by atoms with van der Waals surface area (Å²) in [5.74, 6) is -0.835. The lowest BCUT2D eigenvalue weighted by atomic mass is 9.85. The Hall–Kier alpha value is -2.58. The minimum absolute atomic E-state index is 0.209. The van der Waals surface area contributed by atoms with Gasteiger partial charge in [-0.15, -0.1) is 0 Å². The molecule has 0 radical (unpaired) electrons. The van der Waals surface area contributed by atoms with Crippen molar-refractivity contribution in [2.75, 3.05) is 13.2 Å². The summed E-state index contributed by atoms with van der Waals surface area (Å²) in [6.45, 7) is 2.20. The van der Waals surface area contributed by atoms with E-state index in [4.69, 9.17) is 9.02 Å². The molecule has 27 heavy (non-hydrogen) atoms. The number of thiol groups is 1. The maximum Gasteiger partial charge on any atom is 0.346 e. The summed E-state index contributed by atoms with van der Waals surface area (Å²) in [6.07, 6.45) is 0. The third kappa shape index (κ3) is 2.76. The molecule has 140 valence electrons. The van der Waals surface area contributed by atoms with Crippen molar-refractivity contribution in [2.45, 2.75) is 19.0 Å². The van der Waals surface area contributed by atoms with Crippen LogP contribution in [-0.2, 0) is 13.8 Å². The number of halogens is 1. The van der Waals surface area contributed by atoms with E-state index >= 15 is 0 Å². The number of rotatable bonds is 4. The second kappa shape index (κ2) is 6.86. The Labute approximate surface area is 161 Å². The minimum Gasteiger partial charge on any atom is -0.464 e. The standard InChI is InChI=1S/C19H17FN2O4S/c1-2-25-18(23)17-14-5-3-4-13(11-6-8-12(20)9-7-11)16(14)15-10-21(17)19(24)22(15)26-27/h3-9,15,17,27H,2,10H2,1H3. The number of carbonyl (C=O) groups is 2. The Morgan fingerprint density at radius 3 is 2.67 bits per heavy atom. The summed E-state index contributed by atoms with van der Waals surface area (Å²) in [4.78, 5) is 26.8. The van der Waals surface area contributed by atoms with Crippen molar-refractivity contribution in [3.05, 3.63) is 59.4 Å². The number of ether oxygens (including phenoxy) is 1. The van der Waals surface area contributed by atoms with Gasteiger partial charge in [0.05, 0.1) is 13.2 Å². The van der Waals surface area contributed by atoms with E-state index in [1.54, 1.807) is 25.1 Å². The summed E-state index contributed by atoms with van der Waals surface area (Å²) in [5, 5.41) is 1.15. The van der Waals surface area contributed by atoms with Crippen LogP contribution in [0.25, 0.3) is 11.1 Å². The van der Waals surface area contributed by atoms with Crippen molar-refractivity contribution in [1.29, 1.82) is 0 Å². The van der Waals surface area contributed by atoms with Gasteiger partial charge < -0.3 is 9.64 Å². The number of hydroxylamine groups is 2. The van der Waals surface area contributed by atoms with Crippen LogP contribution < -0.4 is 0 Å². The number of hydrogen-bond acceptors (Lipinski definition) is 5. The highest BCUT2D eigenvalue weighted by molar-refractivity contribution is 7.75. The first-order valence-corrected chi connectivity index (χ1v) is 8.90. The van der Waals surface area contributed by atoms with Crippen LogP contribution in [-0.4, -0.2) is 35.1 Å². The van der Waals surface area contributed by atoms with E-state index in [1.807, 2.05) is 12.1 Å². The van der Waals surface area contributed by atoms with Crippen molar-refractivity contribution < 1.29 is 23.0 Å². The van der Waals surface area contributed by atoms with Crippen LogP contribution >= 0.6 is 12.9 Å². The van der Waals surface area contributed by atoms with E-state index < -0.39 is 24.1 Å². The molecule has 2 aliphatic heterocycles. The number of amides is 2. The fourth-order valence-corrected chi connectivity index (χ4v) is 4.02. The first-order chi connectivity index (χ1) is 13.1. The summed E-state index contributed by atoms with van der Waals surface area (Å²) in [5.41, 5.74) is 3.03. The zero-order chi connectivity index (χ0) is 19.1. The number of urea groups is 1. The quantitative estimate of drug-likeness (QED) is 0.493. The molecule has 1 saturated heterocycles. The summed E-state index contributed by atoms with van der Waals surface area (Å²) in [6, 6.07) is 9.83. The van der Waals surface area contributed by atoms with E-state index in [9.17, 15) is 14.0 Å². The van der Waals surface area contributed by atoms with Gasteiger partial charge >= 0.3 is 12.0 Å². The van der Waals surface area contributed by atoms with Crippen LogP contribution in [0.5, 0.6) is 0 Å². The third-order valence-electron chi connectivity index (χ3n) is 4.92. The summed E-state index contributed by atoms with van der Waals surface area (Å²) in [7, 11) is 0. The van der Waals surface area contributed by atoms with Gasteiger partial charge in [0, 0.05) is 12.9 Å². The molecular formula is C19H17FN2O4S. The Morgan fingerprint density at radius 2 is 2.00 bits per heavy atom. The average Bonchev–Trinajstić information content (AvgIpc) is 2.94. The smallest absolute Gasteiger partial charge is 0.346 e. The maximum atomic E-state index is 13.4. The van der Waals surface area contributed by atoms with E-state index in [0.717, 1.165) is 21.8 Å². The number of benzene rings is 2. The Bertz CT molecular complexity index is 905. The van der Waals surface area contributed by atoms with Crippen molar-refractivity contribution >= 4 is 24.9 Å². The Balaban J connectivity index is 1.91. The molecule has 2 amide bonds. The molecule has 2 aromatic carbocycles. The molecule has 6 nitrogen and oxygen atoms in total. The molecule has 0 spiro atoms. The van der Waals surface area contributed by atoms with Crippen LogP contribution in [0.4, 0.5) is 9.18 Å². The lowest BCUT2D eigenvalue weighted by Gasteiger charge is -2.32. The first-order valence-electron chi connectivity index (χ1n) is 8.53. The molecule has 1 fully saturated rings. The normalized spacial score (nSPS) is 20.6. The molecular weight excluding hydrogens is 371 g/mol. The monoisotopic (exact) mass is 388 g/mol. The highest BCUT2D eigenvalue weighted by Crippen LogP contribution is 2.48. The van der Waals surface area contributed by atoms with Gasteiger partial charge in [-0.2, -0.15) is 5.06 Å². The predicted octanol–water partition coefficient (Wildman–Crippen LogP) is 3.67. The van der Waals surface area contributed by atoms with Gasteiger partial charge in [-0.25, -0.2) is 18.3 Å². The molecule has 2 heterocycles. The lowest BCUT2D eigenvalue weighted by Crippen LogP contribution is -2.39. The Morgan fingerprint density at radius 1 is 1.26 bits per heavy atom. The molecule has 2 aliphatic rings. The van der Waals surface area contributed by atoms with Crippen molar-refractivity contribution in [1.82, 2.24) is 9.96 Å². The lowest BCUT2D eigenvalue weighted by molar-refractivity contribution is -0.148. The van der Waals surface area contributed by atoms with Gasteiger partial charge in [0.2, 0.25) is 0 Å². The Kier molecular flexibility index (Phi) is 4.53. The first kappa shape index (κ1) is 17.8. The molecule has 8 heteroatoms. The summed E-state index contributed by atoms with van der Waals surface area (Å²) >= 11 is 3.82. The van der Waals surface area contributed by atoms with Gasteiger partial charge in [0.1, 0.15) is 11.9 Å². The van der Waals surface area contributed by atoms with Crippen molar-refractivity contribution in [2.24, 2.45) is 0 Å². The average molecular weight is 388 g/mol. The zero-order valence-electron chi connectivity index (χ0n) is 14.5. The molecule has 2 aromatic rings. The second-order valence-electron chi connectivity index (χ2n) is 6.33. The zero-order valence-corrected chi connectivity index (χ0v) is 15.4. The van der Waals surface area contributed by atoms with Crippen molar-refractivity contribution in [3.8, 4) is 11.1 Å². The second-order valence-corrected chi connectivity index (χ2v) is 6.49. The highest BCUT2D eigenvalue weighted by atomic mass is 32.1. The van der Waals surface area contributed by atoms with Gasteiger partial charge in [-0.05, 0) is 41.3 Å². The van der Waals surface area contributed by atoms with Gasteiger partial charge in [-0.3, -0.25) is 0 Å². The van der Waals surface area contributed by atoms with E-state index in [-0.39, 0.29) is 19.0 Å². The predicted molar refractivity (Wildman–Crippen MR) is 98.0 cm³/mol. The van der Waals surface area contributed by atoms with Crippen LogP contribution in [0.15, 0.2) is 42.5 Å². The van der Waals surface area contributed by atoms with E-state index in [1.165, 1.54) is 17.0 Å². The molecule has 2 unspecified atom stereocenters. The largest absolute Gasteiger partial charge is 0.464 e. The van der Waals surface area contributed by atoms with Gasteiger partial charge in [0.25, 0.3) is 0 Å². The van der Waals surface area contributed by atoms with Crippen molar-refractivity contribution in [3.63, 3.8) is 0 Å². The molecule has 2 atom stereocenters. The molecule has 0 N–H and O–H groups in total. The topological polar surface area (TPSA) is 59.1 Å². The third-order valence-corrected chi connectivity index (χ3v) is 5.10. The van der Waals surface area contributed by atoms with Crippen LogP contribution in [0.3, 0.4) is 0 Å². The SMILES string of the molecule is CCOC(=O)C1c2cccc(-c3ccc(F)cc3)c2C2CN1C(=O)N2OS.